The van der Waals surface area contributed by atoms with Gasteiger partial charge in [0.05, 0.1) is 11.4 Å². The van der Waals surface area contributed by atoms with E-state index in [4.69, 9.17) is 0 Å². The SMILES string of the molecule is Cc1ccc(CSCC(=O)Nc2cccc(-n3cnnn3)c2)cc1. The maximum Gasteiger partial charge on any atom is 0.234 e. The van der Waals surface area contributed by atoms with Crippen molar-refractivity contribution in [1.29, 1.82) is 0 Å². The van der Waals surface area contributed by atoms with Crippen LogP contribution in [0.4, 0.5) is 5.69 Å². The van der Waals surface area contributed by atoms with Crippen LogP contribution in [0.1, 0.15) is 11.1 Å². The Morgan fingerprint density at radius 2 is 2.04 bits per heavy atom. The fourth-order valence-electron chi connectivity index (χ4n) is 2.15. The van der Waals surface area contributed by atoms with E-state index in [0.717, 1.165) is 17.1 Å². The zero-order chi connectivity index (χ0) is 16.8. The molecular formula is C17H17N5OS. The average Bonchev–Trinajstić information content (AvgIpc) is 3.11. The Kier molecular flexibility index (Phi) is 5.22. The quantitative estimate of drug-likeness (QED) is 0.747. The fraction of sp³-hybridized carbons (Fsp3) is 0.176. The van der Waals surface area contributed by atoms with Gasteiger partial charge in [-0.05, 0) is 41.1 Å². The minimum atomic E-state index is -0.0269. The molecular weight excluding hydrogens is 322 g/mol. The molecule has 0 saturated carbocycles. The molecule has 3 aromatic rings. The van der Waals surface area contributed by atoms with Crippen molar-refractivity contribution in [2.75, 3.05) is 11.1 Å². The van der Waals surface area contributed by atoms with E-state index in [1.807, 2.05) is 24.3 Å². The van der Waals surface area contributed by atoms with Gasteiger partial charge >= 0.3 is 0 Å². The van der Waals surface area contributed by atoms with Gasteiger partial charge in [0.1, 0.15) is 6.33 Å². The van der Waals surface area contributed by atoms with E-state index < -0.39 is 0 Å². The van der Waals surface area contributed by atoms with Gasteiger partial charge in [-0.1, -0.05) is 35.9 Å². The fourth-order valence-corrected chi connectivity index (χ4v) is 2.94. The lowest BCUT2D eigenvalue weighted by Gasteiger charge is -2.07. The lowest BCUT2D eigenvalue weighted by molar-refractivity contribution is -0.113. The third-order valence-corrected chi connectivity index (χ3v) is 4.37. The Balaban J connectivity index is 1.51. The van der Waals surface area contributed by atoms with Crippen molar-refractivity contribution in [1.82, 2.24) is 20.2 Å². The number of nitrogens with one attached hydrogen (secondary N) is 1. The monoisotopic (exact) mass is 339 g/mol. The summed E-state index contributed by atoms with van der Waals surface area (Å²) in [7, 11) is 0. The summed E-state index contributed by atoms with van der Waals surface area (Å²) in [6.45, 7) is 2.06. The van der Waals surface area contributed by atoms with Crippen molar-refractivity contribution in [3.63, 3.8) is 0 Å². The first-order valence-corrected chi connectivity index (χ1v) is 8.63. The molecule has 0 unspecified atom stereocenters. The Bertz CT molecular complexity index is 802. The maximum absolute atomic E-state index is 12.1. The van der Waals surface area contributed by atoms with Gasteiger partial charge in [-0.2, -0.15) is 0 Å². The molecule has 0 spiro atoms. The van der Waals surface area contributed by atoms with Crippen LogP contribution in [0.3, 0.4) is 0 Å². The number of hydrogen-bond acceptors (Lipinski definition) is 5. The highest BCUT2D eigenvalue weighted by atomic mass is 32.2. The van der Waals surface area contributed by atoms with Crippen LogP contribution in [0.2, 0.25) is 0 Å². The number of carbonyl (C=O) groups is 1. The molecule has 122 valence electrons. The molecule has 6 nitrogen and oxygen atoms in total. The Morgan fingerprint density at radius 3 is 2.79 bits per heavy atom. The number of aryl methyl sites for hydroxylation is 1. The van der Waals surface area contributed by atoms with Gasteiger partial charge in [-0.3, -0.25) is 4.79 Å². The maximum atomic E-state index is 12.1. The summed E-state index contributed by atoms with van der Waals surface area (Å²) in [6, 6.07) is 15.8. The molecule has 0 saturated heterocycles. The molecule has 1 amide bonds. The van der Waals surface area contributed by atoms with Crippen LogP contribution in [0.5, 0.6) is 0 Å². The number of nitrogens with zero attached hydrogens (tertiary/aromatic N) is 4. The molecule has 0 aliphatic rings. The number of aromatic nitrogens is 4. The number of hydrogen-bond donors (Lipinski definition) is 1. The second-order valence-electron chi connectivity index (χ2n) is 5.33. The molecule has 1 aromatic heterocycles. The summed E-state index contributed by atoms with van der Waals surface area (Å²) in [5, 5.41) is 13.9. The van der Waals surface area contributed by atoms with Crippen LogP contribution in [0.15, 0.2) is 54.9 Å². The lowest BCUT2D eigenvalue weighted by Crippen LogP contribution is -2.14. The van der Waals surface area contributed by atoms with Crippen molar-refractivity contribution in [3.05, 3.63) is 66.0 Å². The molecule has 0 radical (unpaired) electrons. The van der Waals surface area contributed by atoms with Gasteiger partial charge in [0, 0.05) is 11.4 Å². The standard InChI is InChI=1S/C17H17N5OS/c1-13-5-7-14(8-6-13)10-24-11-17(23)19-15-3-2-4-16(9-15)22-12-18-20-21-22/h2-9,12H,10-11H2,1H3,(H,19,23). The molecule has 7 heteroatoms. The first kappa shape index (κ1) is 16.2. The molecule has 0 aliphatic carbocycles. The largest absolute Gasteiger partial charge is 0.325 e. The molecule has 0 bridgehead atoms. The highest BCUT2D eigenvalue weighted by Crippen LogP contribution is 2.16. The summed E-state index contributed by atoms with van der Waals surface area (Å²) in [6.07, 6.45) is 1.51. The zero-order valence-corrected chi connectivity index (χ0v) is 14.0. The molecule has 2 aromatic carbocycles. The lowest BCUT2D eigenvalue weighted by atomic mass is 10.2. The number of amides is 1. The second-order valence-corrected chi connectivity index (χ2v) is 6.32. The highest BCUT2D eigenvalue weighted by Gasteiger charge is 2.05. The van der Waals surface area contributed by atoms with Gasteiger partial charge in [0.15, 0.2) is 0 Å². The topological polar surface area (TPSA) is 72.7 Å². The molecule has 0 aliphatic heterocycles. The molecule has 0 fully saturated rings. The van der Waals surface area contributed by atoms with Crippen LogP contribution in [0.25, 0.3) is 5.69 Å². The van der Waals surface area contributed by atoms with Crippen LogP contribution >= 0.6 is 11.8 Å². The third kappa shape index (κ3) is 4.42. The smallest absolute Gasteiger partial charge is 0.234 e. The molecule has 1 heterocycles. The highest BCUT2D eigenvalue weighted by molar-refractivity contribution is 7.99. The van der Waals surface area contributed by atoms with Gasteiger partial charge < -0.3 is 5.32 Å². The predicted octanol–water partition coefficient (Wildman–Crippen LogP) is 2.84. The summed E-state index contributed by atoms with van der Waals surface area (Å²) >= 11 is 1.59. The van der Waals surface area contributed by atoms with Crippen molar-refractivity contribution in [3.8, 4) is 5.69 Å². The predicted molar refractivity (Wildman–Crippen MR) is 95.1 cm³/mol. The Labute approximate surface area is 144 Å². The summed E-state index contributed by atoms with van der Waals surface area (Å²) < 4.78 is 1.54. The van der Waals surface area contributed by atoms with E-state index in [0.29, 0.717) is 5.75 Å². The number of anilines is 1. The van der Waals surface area contributed by atoms with Gasteiger partial charge in [0.25, 0.3) is 0 Å². The van der Waals surface area contributed by atoms with Gasteiger partial charge in [0.2, 0.25) is 5.91 Å². The molecule has 24 heavy (non-hydrogen) atoms. The minimum Gasteiger partial charge on any atom is -0.325 e. The second kappa shape index (κ2) is 7.74. The van der Waals surface area contributed by atoms with Crippen molar-refractivity contribution in [2.24, 2.45) is 0 Å². The molecule has 0 atom stereocenters. The number of carbonyl (C=O) groups excluding carboxylic acids is 1. The summed E-state index contributed by atoms with van der Waals surface area (Å²) in [4.78, 5) is 12.1. The van der Waals surface area contributed by atoms with Crippen LogP contribution in [0, 0.1) is 6.92 Å². The third-order valence-electron chi connectivity index (χ3n) is 3.37. The van der Waals surface area contributed by atoms with E-state index in [-0.39, 0.29) is 5.91 Å². The van der Waals surface area contributed by atoms with Crippen molar-refractivity contribution >= 4 is 23.4 Å². The normalized spacial score (nSPS) is 10.5. The zero-order valence-electron chi connectivity index (χ0n) is 13.2. The van der Waals surface area contributed by atoms with Gasteiger partial charge in [-0.15, -0.1) is 16.9 Å². The van der Waals surface area contributed by atoms with Crippen LogP contribution < -0.4 is 5.32 Å². The van der Waals surface area contributed by atoms with Gasteiger partial charge in [-0.25, -0.2) is 4.68 Å². The van der Waals surface area contributed by atoms with Crippen molar-refractivity contribution in [2.45, 2.75) is 12.7 Å². The first-order chi connectivity index (χ1) is 11.7. The molecule has 3 rings (SSSR count). The number of tetrazole rings is 1. The van der Waals surface area contributed by atoms with Crippen molar-refractivity contribution < 1.29 is 4.79 Å². The Hall–Kier alpha value is -2.67. The van der Waals surface area contributed by atoms with E-state index in [1.165, 1.54) is 17.5 Å². The minimum absolute atomic E-state index is 0.0269. The number of thioether (sulfide) groups is 1. The molecule has 1 N–H and O–H groups in total. The Morgan fingerprint density at radius 1 is 1.21 bits per heavy atom. The van der Waals surface area contributed by atoms with Crippen LogP contribution in [-0.2, 0) is 10.5 Å². The van der Waals surface area contributed by atoms with E-state index in [2.05, 4.69) is 52.0 Å². The summed E-state index contributed by atoms with van der Waals surface area (Å²) in [5.41, 5.74) is 3.98. The van der Waals surface area contributed by atoms with E-state index in [1.54, 1.807) is 16.4 Å². The summed E-state index contributed by atoms with van der Waals surface area (Å²) in [5.74, 6) is 1.20. The van der Waals surface area contributed by atoms with E-state index in [9.17, 15) is 4.79 Å². The van der Waals surface area contributed by atoms with Crippen LogP contribution in [-0.4, -0.2) is 31.9 Å². The van der Waals surface area contributed by atoms with E-state index >= 15 is 0 Å². The first-order valence-electron chi connectivity index (χ1n) is 7.47. The number of benzene rings is 2. The average molecular weight is 339 g/mol. The number of rotatable bonds is 6.